The Labute approximate surface area is 102 Å². The maximum absolute atomic E-state index is 11.7. The van der Waals surface area contributed by atoms with Crippen molar-refractivity contribution in [2.45, 2.75) is 26.4 Å². The second-order valence-electron chi connectivity index (χ2n) is 4.10. The topological polar surface area (TPSA) is 65.2 Å². The number of carbonyl (C=O) groups excluding carboxylic acids is 1. The molecule has 4 nitrogen and oxygen atoms in total. The first-order valence-electron chi connectivity index (χ1n) is 4.44. The van der Waals surface area contributed by atoms with Crippen LogP contribution in [0.4, 0.5) is 5.69 Å². The first-order valence-corrected chi connectivity index (χ1v) is 5.52. The van der Waals surface area contributed by atoms with E-state index in [1.54, 1.807) is 6.07 Å². The number of nitrogens with zero attached hydrogens (tertiary/aromatic N) is 1. The lowest BCUT2D eigenvalue weighted by Crippen LogP contribution is -2.24. The van der Waals surface area contributed by atoms with Gasteiger partial charge in [0, 0.05) is 0 Å². The second kappa shape index (κ2) is 4.34. The van der Waals surface area contributed by atoms with Gasteiger partial charge in [0.25, 0.3) is 0 Å². The van der Waals surface area contributed by atoms with Crippen LogP contribution in [-0.4, -0.2) is 16.6 Å². The first kappa shape index (κ1) is 12.2. The summed E-state index contributed by atoms with van der Waals surface area (Å²) in [6.45, 7) is 5.44. The average molecular weight is 320 g/mol. The monoisotopic (exact) mass is 320 g/mol. The zero-order chi connectivity index (χ0) is 11.6. The fraction of sp³-hybridized carbons (Fsp3) is 0.400. The van der Waals surface area contributed by atoms with Crippen molar-refractivity contribution < 1.29 is 9.53 Å². The van der Waals surface area contributed by atoms with E-state index in [4.69, 9.17) is 10.5 Å². The summed E-state index contributed by atoms with van der Waals surface area (Å²) in [5.74, 6) is -0.416. The summed E-state index contributed by atoms with van der Waals surface area (Å²) < 4.78 is 5.92. The fourth-order valence-corrected chi connectivity index (χ4v) is 1.40. The summed E-state index contributed by atoms with van der Waals surface area (Å²) in [6, 6.07) is 1.62. The molecule has 0 unspecified atom stereocenters. The lowest BCUT2D eigenvalue weighted by atomic mass is 10.2. The molecule has 1 heterocycles. The van der Waals surface area contributed by atoms with Gasteiger partial charge in [-0.15, -0.1) is 0 Å². The Morgan fingerprint density at radius 3 is 2.67 bits per heavy atom. The highest BCUT2D eigenvalue weighted by Crippen LogP contribution is 2.17. The quantitative estimate of drug-likeness (QED) is 0.489. The van der Waals surface area contributed by atoms with Crippen LogP contribution in [0.5, 0.6) is 0 Å². The van der Waals surface area contributed by atoms with Gasteiger partial charge < -0.3 is 10.5 Å². The number of anilines is 1. The number of ether oxygens (including phenoxy) is 1. The summed E-state index contributed by atoms with van der Waals surface area (Å²) in [6.07, 6.45) is 1.46. The molecule has 0 aliphatic carbocycles. The molecule has 82 valence electrons. The number of carbonyl (C=O) groups is 1. The van der Waals surface area contributed by atoms with Crippen LogP contribution in [0, 0.1) is 3.70 Å². The third-order valence-electron chi connectivity index (χ3n) is 1.52. The molecule has 0 spiro atoms. The summed E-state index contributed by atoms with van der Waals surface area (Å²) in [4.78, 5) is 15.7. The molecule has 0 aliphatic rings. The van der Waals surface area contributed by atoms with E-state index in [0.29, 0.717) is 15.0 Å². The van der Waals surface area contributed by atoms with Gasteiger partial charge in [0.2, 0.25) is 0 Å². The van der Waals surface area contributed by atoms with Crippen molar-refractivity contribution in [1.29, 1.82) is 0 Å². The van der Waals surface area contributed by atoms with E-state index in [-0.39, 0.29) is 0 Å². The molecule has 1 rings (SSSR count). The van der Waals surface area contributed by atoms with Gasteiger partial charge >= 0.3 is 5.97 Å². The summed E-state index contributed by atoms with van der Waals surface area (Å²) in [5.41, 5.74) is 5.83. The molecular weight excluding hydrogens is 307 g/mol. The first-order chi connectivity index (χ1) is 6.79. The van der Waals surface area contributed by atoms with Crippen molar-refractivity contribution in [3.63, 3.8) is 0 Å². The van der Waals surface area contributed by atoms with E-state index in [9.17, 15) is 4.79 Å². The number of aromatic nitrogens is 1. The molecule has 0 saturated heterocycles. The highest BCUT2D eigenvalue weighted by atomic mass is 127. The zero-order valence-corrected chi connectivity index (χ0v) is 11.0. The standard InChI is InChI=1S/C10H13IN2O2/c1-10(2,3)15-9(14)6-4-8(11)13-5-7(6)12/h4-5H,12H2,1-3H3. The molecule has 0 atom stereocenters. The fourth-order valence-electron chi connectivity index (χ4n) is 0.950. The Morgan fingerprint density at radius 1 is 1.53 bits per heavy atom. The maximum Gasteiger partial charge on any atom is 0.340 e. The third kappa shape index (κ3) is 3.65. The SMILES string of the molecule is CC(C)(C)OC(=O)c1cc(I)ncc1N. The van der Waals surface area contributed by atoms with Crippen molar-refractivity contribution in [2.75, 3.05) is 5.73 Å². The van der Waals surface area contributed by atoms with Gasteiger partial charge in [-0.1, -0.05) is 0 Å². The molecule has 2 N–H and O–H groups in total. The van der Waals surface area contributed by atoms with Crippen LogP contribution < -0.4 is 5.73 Å². The zero-order valence-electron chi connectivity index (χ0n) is 8.87. The van der Waals surface area contributed by atoms with Crippen molar-refractivity contribution >= 4 is 34.2 Å². The van der Waals surface area contributed by atoms with E-state index in [1.165, 1.54) is 6.20 Å². The van der Waals surface area contributed by atoms with E-state index in [1.807, 2.05) is 43.4 Å². The molecule has 15 heavy (non-hydrogen) atoms. The smallest absolute Gasteiger partial charge is 0.340 e. The van der Waals surface area contributed by atoms with Crippen LogP contribution in [0.15, 0.2) is 12.3 Å². The number of rotatable bonds is 1. The van der Waals surface area contributed by atoms with Gasteiger partial charge in [-0.25, -0.2) is 9.78 Å². The Balaban J connectivity index is 2.96. The number of esters is 1. The van der Waals surface area contributed by atoms with Crippen LogP contribution in [-0.2, 0) is 4.74 Å². The van der Waals surface area contributed by atoms with Gasteiger partial charge in [-0.05, 0) is 49.4 Å². The molecule has 0 aromatic carbocycles. The van der Waals surface area contributed by atoms with Crippen LogP contribution in [0.25, 0.3) is 0 Å². The number of hydrogen-bond donors (Lipinski definition) is 1. The average Bonchev–Trinajstić information content (AvgIpc) is 2.06. The summed E-state index contributed by atoms with van der Waals surface area (Å²) >= 11 is 2.02. The van der Waals surface area contributed by atoms with Crippen molar-refractivity contribution in [2.24, 2.45) is 0 Å². The largest absolute Gasteiger partial charge is 0.456 e. The number of nitrogens with two attached hydrogens (primary N) is 1. The van der Waals surface area contributed by atoms with E-state index >= 15 is 0 Å². The molecule has 1 aromatic rings. The Bertz CT molecular complexity index is 385. The van der Waals surface area contributed by atoms with Crippen molar-refractivity contribution in [3.8, 4) is 0 Å². The van der Waals surface area contributed by atoms with E-state index in [0.717, 1.165) is 0 Å². The molecule has 0 radical (unpaired) electrons. The van der Waals surface area contributed by atoms with Crippen LogP contribution in [0.3, 0.4) is 0 Å². The number of nitrogen functional groups attached to an aromatic ring is 1. The number of halogens is 1. The molecule has 0 saturated carbocycles. The van der Waals surface area contributed by atoms with Crippen LogP contribution >= 0.6 is 22.6 Å². The summed E-state index contributed by atoms with van der Waals surface area (Å²) in [7, 11) is 0. The maximum atomic E-state index is 11.7. The van der Waals surface area contributed by atoms with Gasteiger partial charge in [-0.2, -0.15) is 0 Å². The number of pyridine rings is 1. The molecule has 5 heteroatoms. The Hall–Kier alpha value is -0.850. The van der Waals surface area contributed by atoms with Crippen molar-refractivity contribution in [3.05, 3.63) is 21.5 Å². The van der Waals surface area contributed by atoms with E-state index < -0.39 is 11.6 Å². The van der Waals surface area contributed by atoms with Gasteiger partial charge in [0.1, 0.15) is 9.30 Å². The highest BCUT2D eigenvalue weighted by molar-refractivity contribution is 14.1. The predicted octanol–water partition coefficient (Wildman–Crippen LogP) is 2.22. The van der Waals surface area contributed by atoms with Gasteiger partial charge in [0.05, 0.1) is 17.4 Å². The minimum atomic E-state index is -0.516. The number of hydrogen-bond acceptors (Lipinski definition) is 4. The molecular formula is C10H13IN2O2. The normalized spacial score (nSPS) is 11.2. The van der Waals surface area contributed by atoms with Crippen LogP contribution in [0.2, 0.25) is 0 Å². The minimum absolute atomic E-state index is 0.338. The van der Waals surface area contributed by atoms with Crippen molar-refractivity contribution in [1.82, 2.24) is 4.98 Å². The molecule has 1 aromatic heterocycles. The molecule has 0 fully saturated rings. The predicted molar refractivity (Wildman–Crippen MR) is 66.5 cm³/mol. The van der Waals surface area contributed by atoms with Gasteiger partial charge in [-0.3, -0.25) is 0 Å². The van der Waals surface area contributed by atoms with Gasteiger partial charge in [0.15, 0.2) is 0 Å². The minimum Gasteiger partial charge on any atom is -0.456 e. The lowest BCUT2D eigenvalue weighted by Gasteiger charge is -2.19. The lowest BCUT2D eigenvalue weighted by molar-refractivity contribution is 0.00706. The third-order valence-corrected chi connectivity index (χ3v) is 2.11. The Morgan fingerprint density at radius 2 is 2.13 bits per heavy atom. The highest BCUT2D eigenvalue weighted by Gasteiger charge is 2.20. The Kier molecular flexibility index (Phi) is 3.54. The molecule has 0 amide bonds. The summed E-state index contributed by atoms with van der Waals surface area (Å²) in [5, 5.41) is 0. The molecule has 0 bridgehead atoms. The second-order valence-corrected chi connectivity index (χ2v) is 5.20. The van der Waals surface area contributed by atoms with E-state index in [2.05, 4.69) is 4.98 Å². The van der Waals surface area contributed by atoms with Crippen LogP contribution in [0.1, 0.15) is 31.1 Å². The molecule has 0 aliphatic heterocycles.